The van der Waals surface area contributed by atoms with E-state index in [1.165, 1.54) is 23.9 Å². The van der Waals surface area contributed by atoms with Gasteiger partial charge in [-0.1, -0.05) is 56.3 Å². The summed E-state index contributed by atoms with van der Waals surface area (Å²) >= 11 is 0. The Kier molecular flexibility index (Phi) is 3.82. The summed E-state index contributed by atoms with van der Waals surface area (Å²) in [5, 5.41) is 0. The van der Waals surface area contributed by atoms with Crippen molar-refractivity contribution in [3.8, 4) is 0 Å². The van der Waals surface area contributed by atoms with Crippen molar-refractivity contribution in [1.29, 1.82) is 0 Å². The molecule has 1 saturated heterocycles. The molecule has 3 nitrogen and oxygen atoms in total. The molecule has 0 unspecified atom stereocenters. The standard InChI is InChI=1S/C22H25NO2/c1-22(2)13-23(14-22)17-11-9-16(10-12-17)19-18(20(19)21(24)25-3)15-7-5-4-6-8-15/h4-12,18-20H,13-14H2,1-3H3/t18-,19-,20-/m1/s1. The zero-order valence-corrected chi connectivity index (χ0v) is 15.1. The molecular formula is C22H25NO2. The third kappa shape index (κ3) is 2.92. The fourth-order valence-electron chi connectivity index (χ4n) is 4.32. The van der Waals surface area contributed by atoms with Crippen LogP contribution in [0.3, 0.4) is 0 Å². The Morgan fingerprint density at radius 2 is 1.52 bits per heavy atom. The van der Waals surface area contributed by atoms with Gasteiger partial charge in [0, 0.05) is 30.6 Å². The van der Waals surface area contributed by atoms with E-state index in [4.69, 9.17) is 4.74 Å². The molecule has 0 bridgehead atoms. The monoisotopic (exact) mass is 335 g/mol. The number of esters is 1. The van der Waals surface area contributed by atoms with Crippen molar-refractivity contribution in [2.24, 2.45) is 11.3 Å². The summed E-state index contributed by atoms with van der Waals surface area (Å²) in [6, 6.07) is 19.1. The van der Waals surface area contributed by atoms with Crippen molar-refractivity contribution in [3.63, 3.8) is 0 Å². The molecule has 0 aromatic heterocycles. The van der Waals surface area contributed by atoms with Crippen molar-refractivity contribution in [1.82, 2.24) is 0 Å². The van der Waals surface area contributed by atoms with E-state index in [1.54, 1.807) is 0 Å². The number of hydrogen-bond acceptors (Lipinski definition) is 3. The van der Waals surface area contributed by atoms with Gasteiger partial charge in [0.2, 0.25) is 0 Å². The molecule has 1 aliphatic heterocycles. The first kappa shape index (κ1) is 16.2. The Labute approximate surface area is 149 Å². The number of carbonyl (C=O) groups excluding carboxylic acids is 1. The van der Waals surface area contributed by atoms with Gasteiger partial charge in [-0.05, 0) is 28.7 Å². The number of anilines is 1. The van der Waals surface area contributed by atoms with Gasteiger partial charge in [0.15, 0.2) is 0 Å². The van der Waals surface area contributed by atoms with Crippen molar-refractivity contribution < 1.29 is 9.53 Å². The lowest BCUT2D eigenvalue weighted by Crippen LogP contribution is -2.53. The molecule has 0 amide bonds. The van der Waals surface area contributed by atoms with E-state index in [2.05, 4.69) is 55.1 Å². The number of methoxy groups -OCH3 is 1. The lowest BCUT2D eigenvalue weighted by Gasteiger charge is -2.47. The van der Waals surface area contributed by atoms with E-state index < -0.39 is 0 Å². The average Bonchev–Trinajstić information content (AvgIpc) is 3.35. The molecule has 3 atom stereocenters. The van der Waals surface area contributed by atoms with Crippen LogP contribution in [-0.4, -0.2) is 26.2 Å². The second-order valence-electron chi connectivity index (χ2n) is 8.12. The highest BCUT2D eigenvalue weighted by atomic mass is 16.5. The maximum atomic E-state index is 12.2. The third-order valence-corrected chi connectivity index (χ3v) is 5.56. The minimum absolute atomic E-state index is 0.0683. The Morgan fingerprint density at radius 3 is 2.04 bits per heavy atom. The number of nitrogens with zero attached hydrogens (tertiary/aromatic N) is 1. The summed E-state index contributed by atoms with van der Waals surface area (Å²) < 4.78 is 5.04. The number of ether oxygens (including phenoxy) is 1. The van der Waals surface area contributed by atoms with E-state index in [1.807, 2.05) is 18.2 Å². The summed E-state index contributed by atoms with van der Waals surface area (Å²) in [5.74, 6) is 0.271. The summed E-state index contributed by atoms with van der Waals surface area (Å²) in [6.45, 7) is 6.81. The van der Waals surface area contributed by atoms with Gasteiger partial charge in [0.1, 0.15) is 0 Å². The molecule has 0 radical (unpaired) electrons. The molecule has 3 heteroatoms. The van der Waals surface area contributed by atoms with Crippen LogP contribution in [0, 0.1) is 11.3 Å². The van der Waals surface area contributed by atoms with Gasteiger partial charge < -0.3 is 9.64 Å². The summed E-state index contributed by atoms with van der Waals surface area (Å²) in [4.78, 5) is 14.6. The fraction of sp³-hybridized carbons (Fsp3) is 0.409. The number of benzene rings is 2. The van der Waals surface area contributed by atoms with Crippen LogP contribution < -0.4 is 4.90 Å². The van der Waals surface area contributed by atoms with Crippen LogP contribution in [0.5, 0.6) is 0 Å². The SMILES string of the molecule is COC(=O)[C@@H]1[C@H](c2ccccc2)[C@H]1c1ccc(N2CC(C)(C)C2)cc1. The predicted octanol–water partition coefficient (Wildman–Crippen LogP) is 4.20. The van der Waals surface area contributed by atoms with E-state index in [0.29, 0.717) is 5.41 Å². The summed E-state index contributed by atoms with van der Waals surface area (Å²) in [7, 11) is 1.48. The molecule has 25 heavy (non-hydrogen) atoms. The summed E-state index contributed by atoms with van der Waals surface area (Å²) in [6.07, 6.45) is 0. The first-order valence-electron chi connectivity index (χ1n) is 8.98. The van der Waals surface area contributed by atoms with E-state index in [0.717, 1.165) is 13.1 Å². The second-order valence-corrected chi connectivity index (χ2v) is 8.12. The Hall–Kier alpha value is -2.29. The maximum absolute atomic E-state index is 12.2. The minimum atomic E-state index is -0.104. The zero-order chi connectivity index (χ0) is 17.6. The quantitative estimate of drug-likeness (QED) is 0.784. The number of carbonyl (C=O) groups is 1. The molecular weight excluding hydrogens is 310 g/mol. The van der Waals surface area contributed by atoms with Crippen molar-refractivity contribution >= 4 is 11.7 Å². The summed E-state index contributed by atoms with van der Waals surface area (Å²) in [5.41, 5.74) is 4.14. The first-order chi connectivity index (χ1) is 12.0. The molecule has 2 aromatic rings. The smallest absolute Gasteiger partial charge is 0.309 e. The van der Waals surface area contributed by atoms with Gasteiger partial charge in [0.25, 0.3) is 0 Å². The molecule has 130 valence electrons. The molecule has 0 spiro atoms. The minimum Gasteiger partial charge on any atom is -0.469 e. The zero-order valence-electron chi connectivity index (χ0n) is 15.1. The van der Waals surface area contributed by atoms with Gasteiger partial charge in [-0.25, -0.2) is 0 Å². The fourth-order valence-corrected chi connectivity index (χ4v) is 4.32. The van der Waals surface area contributed by atoms with Crippen LogP contribution in [0.4, 0.5) is 5.69 Å². The maximum Gasteiger partial charge on any atom is 0.309 e. The second kappa shape index (κ2) is 5.91. The first-order valence-corrected chi connectivity index (χ1v) is 8.98. The van der Waals surface area contributed by atoms with Crippen LogP contribution in [0.1, 0.15) is 36.8 Å². The van der Waals surface area contributed by atoms with Crippen molar-refractivity contribution in [3.05, 3.63) is 65.7 Å². The predicted molar refractivity (Wildman–Crippen MR) is 99.9 cm³/mol. The highest BCUT2D eigenvalue weighted by molar-refractivity contribution is 5.80. The van der Waals surface area contributed by atoms with Gasteiger partial charge in [-0.15, -0.1) is 0 Å². The molecule has 2 aromatic carbocycles. The van der Waals surface area contributed by atoms with Crippen LogP contribution in [-0.2, 0) is 9.53 Å². The molecule has 2 fully saturated rings. The molecule has 1 aliphatic carbocycles. The van der Waals surface area contributed by atoms with Crippen LogP contribution in [0.2, 0.25) is 0 Å². The van der Waals surface area contributed by atoms with Gasteiger partial charge in [-0.2, -0.15) is 0 Å². The topological polar surface area (TPSA) is 29.5 Å². The molecule has 0 N–H and O–H groups in total. The van der Waals surface area contributed by atoms with Crippen LogP contribution >= 0.6 is 0 Å². The van der Waals surface area contributed by atoms with Crippen molar-refractivity contribution in [2.75, 3.05) is 25.1 Å². The Balaban J connectivity index is 1.54. The highest BCUT2D eigenvalue weighted by Crippen LogP contribution is 2.61. The lowest BCUT2D eigenvalue weighted by molar-refractivity contribution is -0.142. The Morgan fingerprint density at radius 1 is 0.960 bits per heavy atom. The molecule has 1 heterocycles. The van der Waals surface area contributed by atoms with Gasteiger partial charge in [0.05, 0.1) is 13.0 Å². The highest BCUT2D eigenvalue weighted by Gasteiger charge is 2.56. The van der Waals surface area contributed by atoms with Crippen LogP contribution in [0.15, 0.2) is 54.6 Å². The van der Waals surface area contributed by atoms with Crippen LogP contribution in [0.25, 0.3) is 0 Å². The number of rotatable bonds is 4. The Bertz CT molecular complexity index is 758. The van der Waals surface area contributed by atoms with Gasteiger partial charge >= 0.3 is 5.97 Å². The molecule has 1 saturated carbocycles. The third-order valence-electron chi connectivity index (χ3n) is 5.56. The van der Waals surface area contributed by atoms with E-state index in [-0.39, 0.29) is 23.7 Å². The largest absolute Gasteiger partial charge is 0.469 e. The molecule has 2 aliphatic rings. The number of hydrogen-bond donors (Lipinski definition) is 0. The molecule has 4 rings (SSSR count). The normalized spacial score (nSPS) is 26.7. The van der Waals surface area contributed by atoms with E-state index >= 15 is 0 Å². The average molecular weight is 335 g/mol. The lowest BCUT2D eigenvalue weighted by atomic mass is 9.84. The van der Waals surface area contributed by atoms with Gasteiger partial charge in [-0.3, -0.25) is 4.79 Å². The van der Waals surface area contributed by atoms with E-state index in [9.17, 15) is 4.79 Å². The van der Waals surface area contributed by atoms with Crippen molar-refractivity contribution in [2.45, 2.75) is 25.7 Å².